The highest BCUT2D eigenvalue weighted by atomic mass is 14.9. The zero-order valence-corrected chi connectivity index (χ0v) is 12.5. The number of nitrogens with zero attached hydrogens (tertiary/aromatic N) is 1. The molecular formula is C18H24N2. The Labute approximate surface area is 121 Å². The number of benzene rings is 1. The summed E-state index contributed by atoms with van der Waals surface area (Å²) in [6, 6.07) is 11.2. The smallest absolute Gasteiger partial charge is 0.0933 e. The van der Waals surface area contributed by atoms with Crippen molar-refractivity contribution in [1.29, 1.82) is 0 Å². The van der Waals surface area contributed by atoms with E-state index in [0.29, 0.717) is 6.04 Å². The second-order valence-corrected chi connectivity index (χ2v) is 6.32. The molecular weight excluding hydrogens is 244 g/mol. The van der Waals surface area contributed by atoms with Gasteiger partial charge in [0.15, 0.2) is 0 Å². The van der Waals surface area contributed by atoms with Gasteiger partial charge in [0.05, 0.1) is 11.2 Å². The molecule has 1 aromatic carbocycles. The maximum absolute atomic E-state index is 4.55. The lowest BCUT2D eigenvalue weighted by atomic mass is 9.77. The minimum atomic E-state index is 0.594. The monoisotopic (exact) mass is 268 g/mol. The molecule has 1 N–H and O–H groups in total. The lowest BCUT2D eigenvalue weighted by Crippen LogP contribution is -2.35. The Morgan fingerprint density at radius 2 is 1.90 bits per heavy atom. The first-order chi connectivity index (χ1) is 9.75. The van der Waals surface area contributed by atoms with Gasteiger partial charge in [-0.25, -0.2) is 0 Å². The van der Waals surface area contributed by atoms with Gasteiger partial charge in [0.1, 0.15) is 0 Å². The van der Waals surface area contributed by atoms with E-state index in [9.17, 15) is 0 Å². The van der Waals surface area contributed by atoms with Gasteiger partial charge in [0.25, 0.3) is 0 Å². The normalized spacial score (nSPS) is 23.1. The van der Waals surface area contributed by atoms with Crippen LogP contribution in [0, 0.1) is 11.8 Å². The van der Waals surface area contributed by atoms with Crippen LogP contribution in [0.5, 0.6) is 0 Å². The zero-order valence-electron chi connectivity index (χ0n) is 12.5. The Bertz CT molecular complexity index is 571. The third kappa shape index (κ3) is 2.65. The van der Waals surface area contributed by atoms with E-state index in [0.717, 1.165) is 17.4 Å². The number of hydrogen-bond donors (Lipinski definition) is 1. The highest BCUT2D eigenvalue weighted by molar-refractivity contribution is 5.90. The van der Waals surface area contributed by atoms with Crippen molar-refractivity contribution in [3.63, 3.8) is 0 Å². The van der Waals surface area contributed by atoms with E-state index in [2.05, 4.69) is 48.4 Å². The summed E-state index contributed by atoms with van der Waals surface area (Å²) in [4.78, 5) is 4.55. The molecule has 20 heavy (non-hydrogen) atoms. The van der Waals surface area contributed by atoms with Crippen molar-refractivity contribution < 1.29 is 0 Å². The molecule has 1 aliphatic carbocycles. The summed E-state index contributed by atoms with van der Waals surface area (Å²) in [7, 11) is 0. The van der Waals surface area contributed by atoms with Crippen molar-refractivity contribution in [3.05, 3.63) is 36.5 Å². The minimum Gasteiger partial charge on any atom is -0.380 e. The molecule has 1 fully saturated rings. The third-order valence-corrected chi connectivity index (χ3v) is 4.65. The topological polar surface area (TPSA) is 24.9 Å². The van der Waals surface area contributed by atoms with Gasteiger partial charge >= 0.3 is 0 Å². The van der Waals surface area contributed by atoms with E-state index in [1.54, 1.807) is 0 Å². The highest BCUT2D eigenvalue weighted by Gasteiger charge is 2.27. The van der Waals surface area contributed by atoms with E-state index in [1.165, 1.54) is 36.8 Å². The van der Waals surface area contributed by atoms with E-state index in [-0.39, 0.29) is 0 Å². The summed E-state index contributed by atoms with van der Waals surface area (Å²) in [5.74, 6) is 1.53. The lowest BCUT2D eigenvalue weighted by Gasteiger charge is -2.35. The molecule has 1 aromatic heterocycles. The second-order valence-electron chi connectivity index (χ2n) is 6.32. The first-order valence-electron chi connectivity index (χ1n) is 7.86. The number of pyridine rings is 1. The van der Waals surface area contributed by atoms with Crippen molar-refractivity contribution in [2.45, 2.75) is 45.6 Å². The van der Waals surface area contributed by atoms with Gasteiger partial charge in [-0.2, -0.15) is 0 Å². The number of anilines is 1. The van der Waals surface area contributed by atoms with Crippen LogP contribution in [0.25, 0.3) is 10.9 Å². The molecule has 1 saturated carbocycles. The summed E-state index contributed by atoms with van der Waals surface area (Å²) in [5.41, 5.74) is 2.30. The van der Waals surface area contributed by atoms with E-state index in [1.807, 2.05) is 12.3 Å². The summed E-state index contributed by atoms with van der Waals surface area (Å²) in [6.45, 7) is 4.71. The SMILES string of the molecule is CC(C)C1CCCCC1Nc1cccc2cccnc12. The summed E-state index contributed by atoms with van der Waals surface area (Å²) < 4.78 is 0. The predicted octanol–water partition coefficient (Wildman–Crippen LogP) is 4.86. The van der Waals surface area contributed by atoms with Crippen LogP contribution in [0.1, 0.15) is 39.5 Å². The maximum Gasteiger partial charge on any atom is 0.0933 e. The Balaban J connectivity index is 1.88. The second kappa shape index (κ2) is 5.82. The molecule has 0 bridgehead atoms. The van der Waals surface area contributed by atoms with Gasteiger partial charge in [-0.15, -0.1) is 0 Å². The molecule has 2 heteroatoms. The van der Waals surface area contributed by atoms with Crippen molar-refractivity contribution in [2.24, 2.45) is 11.8 Å². The highest BCUT2D eigenvalue weighted by Crippen LogP contribution is 2.33. The van der Waals surface area contributed by atoms with Crippen molar-refractivity contribution in [2.75, 3.05) is 5.32 Å². The fourth-order valence-corrected chi connectivity index (χ4v) is 3.56. The largest absolute Gasteiger partial charge is 0.380 e. The Kier molecular flexibility index (Phi) is 3.90. The fourth-order valence-electron chi connectivity index (χ4n) is 3.56. The number of rotatable bonds is 3. The van der Waals surface area contributed by atoms with Crippen LogP contribution in [0.2, 0.25) is 0 Å². The van der Waals surface area contributed by atoms with Gasteiger partial charge in [-0.1, -0.05) is 44.9 Å². The van der Waals surface area contributed by atoms with Crippen LogP contribution in [0.3, 0.4) is 0 Å². The molecule has 3 rings (SSSR count). The standard InChI is InChI=1S/C18H24N2/c1-13(2)15-9-3-4-10-16(15)20-17-11-5-7-14-8-6-12-19-18(14)17/h5-8,11-13,15-16,20H,3-4,9-10H2,1-2H3. The first-order valence-corrected chi connectivity index (χ1v) is 7.86. The number of fused-ring (bicyclic) bond motifs is 1. The third-order valence-electron chi connectivity index (χ3n) is 4.65. The number of nitrogens with one attached hydrogen (secondary N) is 1. The fraction of sp³-hybridized carbons (Fsp3) is 0.500. The van der Waals surface area contributed by atoms with Gasteiger partial charge in [-0.05, 0) is 36.8 Å². The molecule has 106 valence electrons. The molecule has 1 aliphatic rings. The van der Waals surface area contributed by atoms with E-state index < -0.39 is 0 Å². The van der Waals surface area contributed by atoms with Crippen LogP contribution in [-0.2, 0) is 0 Å². The van der Waals surface area contributed by atoms with Crippen LogP contribution in [0.4, 0.5) is 5.69 Å². The van der Waals surface area contributed by atoms with Gasteiger partial charge in [0.2, 0.25) is 0 Å². The number of aromatic nitrogens is 1. The zero-order chi connectivity index (χ0) is 13.9. The maximum atomic E-state index is 4.55. The molecule has 0 saturated heterocycles. The first kappa shape index (κ1) is 13.4. The van der Waals surface area contributed by atoms with Gasteiger partial charge in [0, 0.05) is 17.6 Å². The number of para-hydroxylation sites is 1. The lowest BCUT2D eigenvalue weighted by molar-refractivity contribution is 0.254. The van der Waals surface area contributed by atoms with Crippen molar-refractivity contribution >= 4 is 16.6 Å². The van der Waals surface area contributed by atoms with Gasteiger partial charge < -0.3 is 5.32 Å². The van der Waals surface area contributed by atoms with Gasteiger partial charge in [-0.3, -0.25) is 4.98 Å². The van der Waals surface area contributed by atoms with Crippen LogP contribution < -0.4 is 5.32 Å². The van der Waals surface area contributed by atoms with Crippen LogP contribution in [0.15, 0.2) is 36.5 Å². The average molecular weight is 268 g/mol. The molecule has 2 atom stereocenters. The van der Waals surface area contributed by atoms with E-state index in [4.69, 9.17) is 0 Å². The predicted molar refractivity (Wildman–Crippen MR) is 85.9 cm³/mol. The van der Waals surface area contributed by atoms with Crippen LogP contribution >= 0.6 is 0 Å². The Morgan fingerprint density at radius 3 is 2.75 bits per heavy atom. The number of hydrogen-bond acceptors (Lipinski definition) is 2. The van der Waals surface area contributed by atoms with E-state index >= 15 is 0 Å². The molecule has 2 aromatic rings. The summed E-state index contributed by atoms with van der Waals surface area (Å²) >= 11 is 0. The minimum absolute atomic E-state index is 0.594. The molecule has 0 radical (unpaired) electrons. The Morgan fingerprint density at radius 1 is 1.10 bits per heavy atom. The molecule has 0 amide bonds. The average Bonchev–Trinajstić information content (AvgIpc) is 2.48. The molecule has 2 unspecified atom stereocenters. The molecule has 1 heterocycles. The Hall–Kier alpha value is -1.57. The summed E-state index contributed by atoms with van der Waals surface area (Å²) in [6.07, 6.45) is 7.25. The quantitative estimate of drug-likeness (QED) is 0.859. The molecule has 2 nitrogen and oxygen atoms in total. The van der Waals surface area contributed by atoms with Crippen molar-refractivity contribution in [3.8, 4) is 0 Å². The molecule has 0 aliphatic heterocycles. The summed E-state index contributed by atoms with van der Waals surface area (Å²) in [5, 5.41) is 5.01. The van der Waals surface area contributed by atoms with Crippen molar-refractivity contribution in [1.82, 2.24) is 4.98 Å². The van der Waals surface area contributed by atoms with Crippen LogP contribution in [-0.4, -0.2) is 11.0 Å². The molecule has 0 spiro atoms.